The normalized spacial score (nSPS) is 23.1. The standard InChI is InChI=1S/C19H27N3O3/c1-25-17-4-2-15(3-5-17)12-22-13-16(10-18(22)23)19(24)21-9-7-14-6-8-20-11-14/h2-5,14,16,20H,6-13H2,1H3,(H,21,24). The van der Waals surface area contributed by atoms with E-state index in [1.54, 1.807) is 12.0 Å². The Hall–Kier alpha value is -2.08. The van der Waals surface area contributed by atoms with Crippen molar-refractivity contribution in [3.63, 3.8) is 0 Å². The number of hydrogen-bond acceptors (Lipinski definition) is 4. The van der Waals surface area contributed by atoms with E-state index >= 15 is 0 Å². The molecular formula is C19H27N3O3. The Morgan fingerprint density at radius 2 is 2.16 bits per heavy atom. The average Bonchev–Trinajstić information content (AvgIpc) is 3.26. The van der Waals surface area contributed by atoms with Crippen molar-refractivity contribution in [2.75, 3.05) is 33.3 Å². The average molecular weight is 345 g/mol. The molecule has 6 heteroatoms. The van der Waals surface area contributed by atoms with Crippen molar-refractivity contribution >= 4 is 11.8 Å². The third-order valence-corrected chi connectivity index (χ3v) is 5.13. The summed E-state index contributed by atoms with van der Waals surface area (Å²) in [6.07, 6.45) is 2.51. The Labute approximate surface area is 148 Å². The first-order valence-corrected chi connectivity index (χ1v) is 9.05. The predicted molar refractivity (Wildman–Crippen MR) is 95.1 cm³/mol. The molecule has 0 bridgehead atoms. The molecule has 6 nitrogen and oxygen atoms in total. The Kier molecular flexibility index (Phi) is 5.91. The van der Waals surface area contributed by atoms with Gasteiger partial charge in [-0.15, -0.1) is 0 Å². The minimum absolute atomic E-state index is 0.0107. The second-order valence-corrected chi connectivity index (χ2v) is 6.96. The van der Waals surface area contributed by atoms with E-state index in [2.05, 4.69) is 10.6 Å². The summed E-state index contributed by atoms with van der Waals surface area (Å²) in [6, 6.07) is 7.68. The molecule has 2 unspecified atom stereocenters. The zero-order valence-corrected chi connectivity index (χ0v) is 14.8. The Bertz CT molecular complexity index is 596. The van der Waals surface area contributed by atoms with Gasteiger partial charge in [0.1, 0.15) is 5.75 Å². The van der Waals surface area contributed by atoms with E-state index in [9.17, 15) is 9.59 Å². The summed E-state index contributed by atoms with van der Waals surface area (Å²) >= 11 is 0. The second-order valence-electron chi connectivity index (χ2n) is 6.96. The van der Waals surface area contributed by atoms with Crippen molar-refractivity contribution < 1.29 is 14.3 Å². The van der Waals surface area contributed by atoms with Crippen LogP contribution >= 0.6 is 0 Å². The molecule has 0 radical (unpaired) electrons. The van der Waals surface area contributed by atoms with Crippen LogP contribution in [0.2, 0.25) is 0 Å². The van der Waals surface area contributed by atoms with E-state index < -0.39 is 0 Å². The zero-order valence-electron chi connectivity index (χ0n) is 14.8. The van der Waals surface area contributed by atoms with Crippen molar-refractivity contribution in [3.8, 4) is 5.75 Å². The molecule has 2 N–H and O–H groups in total. The molecule has 3 rings (SSSR count). The van der Waals surface area contributed by atoms with Crippen LogP contribution in [0.4, 0.5) is 0 Å². The van der Waals surface area contributed by atoms with Gasteiger partial charge in [0.15, 0.2) is 0 Å². The molecule has 0 aromatic heterocycles. The number of rotatable bonds is 7. The Morgan fingerprint density at radius 3 is 2.84 bits per heavy atom. The minimum Gasteiger partial charge on any atom is -0.497 e. The van der Waals surface area contributed by atoms with Gasteiger partial charge in [0.25, 0.3) is 0 Å². The fourth-order valence-electron chi connectivity index (χ4n) is 3.56. The lowest BCUT2D eigenvalue weighted by Gasteiger charge is -2.17. The summed E-state index contributed by atoms with van der Waals surface area (Å²) in [7, 11) is 1.63. The molecule has 136 valence electrons. The molecule has 2 heterocycles. The SMILES string of the molecule is COc1ccc(CN2CC(C(=O)NCCC3CCNC3)CC2=O)cc1. The van der Waals surface area contributed by atoms with Crippen LogP contribution in [0.15, 0.2) is 24.3 Å². The number of carbonyl (C=O) groups is 2. The smallest absolute Gasteiger partial charge is 0.225 e. The van der Waals surface area contributed by atoms with Gasteiger partial charge < -0.3 is 20.3 Å². The first kappa shape index (κ1) is 17.7. The number of likely N-dealkylation sites (tertiary alicyclic amines) is 1. The largest absolute Gasteiger partial charge is 0.497 e. The van der Waals surface area contributed by atoms with Crippen molar-refractivity contribution in [3.05, 3.63) is 29.8 Å². The Balaban J connectivity index is 1.44. The van der Waals surface area contributed by atoms with Gasteiger partial charge in [-0.05, 0) is 49.5 Å². The molecule has 2 amide bonds. The molecule has 0 saturated carbocycles. The van der Waals surface area contributed by atoms with Crippen LogP contribution in [-0.4, -0.2) is 50.0 Å². The maximum atomic E-state index is 12.3. The molecule has 2 atom stereocenters. The van der Waals surface area contributed by atoms with Gasteiger partial charge >= 0.3 is 0 Å². The Morgan fingerprint density at radius 1 is 1.36 bits per heavy atom. The fourth-order valence-corrected chi connectivity index (χ4v) is 3.56. The number of amides is 2. The third kappa shape index (κ3) is 4.72. The molecule has 2 aliphatic rings. The van der Waals surface area contributed by atoms with Crippen LogP contribution in [0, 0.1) is 11.8 Å². The first-order chi connectivity index (χ1) is 12.2. The number of ether oxygens (including phenoxy) is 1. The topological polar surface area (TPSA) is 70.7 Å². The quantitative estimate of drug-likeness (QED) is 0.778. The lowest BCUT2D eigenvalue weighted by Crippen LogP contribution is -2.34. The van der Waals surface area contributed by atoms with E-state index in [0.29, 0.717) is 32.0 Å². The van der Waals surface area contributed by atoms with Crippen molar-refractivity contribution in [2.45, 2.75) is 25.8 Å². The maximum Gasteiger partial charge on any atom is 0.225 e. The van der Waals surface area contributed by atoms with E-state index in [0.717, 1.165) is 30.8 Å². The van der Waals surface area contributed by atoms with Gasteiger partial charge in [-0.1, -0.05) is 12.1 Å². The minimum atomic E-state index is -0.229. The van der Waals surface area contributed by atoms with Gasteiger partial charge in [-0.3, -0.25) is 9.59 Å². The van der Waals surface area contributed by atoms with E-state index in [4.69, 9.17) is 4.74 Å². The first-order valence-electron chi connectivity index (χ1n) is 9.05. The summed E-state index contributed by atoms with van der Waals surface area (Å²) in [6.45, 7) is 3.87. The second kappa shape index (κ2) is 8.34. The van der Waals surface area contributed by atoms with Crippen LogP contribution in [-0.2, 0) is 16.1 Å². The highest BCUT2D eigenvalue weighted by Gasteiger charge is 2.34. The highest BCUT2D eigenvalue weighted by Crippen LogP contribution is 2.21. The predicted octanol–water partition coefficient (Wildman–Crippen LogP) is 1.16. The number of benzene rings is 1. The van der Waals surface area contributed by atoms with E-state index in [1.165, 1.54) is 6.42 Å². The molecule has 1 aromatic carbocycles. The number of methoxy groups -OCH3 is 1. The van der Waals surface area contributed by atoms with Crippen LogP contribution < -0.4 is 15.4 Å². The van der Waals surface area contributed by atoms with Gasteiger partial charge in [0.05, 0.1) is 13.0 Å². The van der Waals surface area contributed by atoms with Crippen molar-refractivity contribution in [2.24, 2.45) is 11.8 Å². The highest BCUT2D eigenvalue weighted by atomic mass is 16.5. The summed E-state index contributed by atoms with van der Waals surface area (Å²) in [5.41, 5.74) is 1.05. The molecule has 2 saturated heterocycles. The van der Waals surface area contributed by atoms with Gasteiger partial charge in [0, 0.05) is 26.1 Å². The highest BCUT2D eigenvalue weighted by molar-refractivity contribution is 5.89. The zero-order chi connectivity index (χ0) is 17.6. The fraction of sp³-hybridized carbons (Fsp3) is 0.579. The molecule has 0 spiro atoms. The summed E-state index contributed by atoms with van der Waals surface area (Å²) in [5.74, 6) is 1.29. The van der Waals surface area contributed by atoms with Gasteiger partial charge in [-0.25, -0.2) is 0 Å². The van der Waals surface area contributed by atoms with E-state index in [1.807, 2.05) is 24.3 Å². The molecule has 25 heavy (non-hydrogen) atoms. The summed E-state index contributed by atoms with van der Waals surface area (Å²) < 4.78 is 5.15. The summed E-state index contributed by atoms with van der Waals surface area (Å²) in [4.78, 5) is 26.3. The number of nitrogens with zero attached hydrogens (tertiary/aromatic N) is 1. The molecule has 1 aromatic rings. The monoisotopic (exact) mass is 345 g/mol. The number of hydrogen-bond donors (Lipinski definition) is 2. The van der Waals surface area contributed by atoms with Gasteiger partial charge in [-0.2, -0.15) is 0 Å². The number of carbonyl (C=O) groups excluding carboxylic acids is 2. The van der Waals surface area contributed by atoms with Crippen LogP contribution in [0.1, 0.15) is 24.8 Å². The number of nitrogens with one attached hydrogen (secondary N) is 2. The van der Waals surface area contributed by atoms with Crippen LogP contribution in [0.3, 0.4) is 0 Å². The maximum absolute atomic E-state index is 12.3. The van der Waals surface area contributed by atoms with E-state index in [-0.39, 0.29) is 17.7 Å². The lowest BCUT2D eigenvalue weighted by atomic mass is 10.0. The van der Waals surface area contributed by atoms with Crippen LogP contribution in [0.5, 0.6) is 5.75 Å². The van der Waals surface area contributed by atoms with Crippen molar-refractivity contribution in [1.82, 2.24) is 15.5 Å². The van der Waals surface area contributed by atoms with Gasteiger partial charge in [0.2, 0.25) is 11.8 Å². The van der Waals surface area contributed by atoms with Crippen molar-refractivity contribution in [1.29, 1.82) is 0 Å². The molecule has 2 aliphatic heterocycles. The lowest BCUT2D eigenvalue weighted by molar-refractivity contribution is -0.129. The van der Waals surface area contributed by atoms with Crippen LogP contribution in [0.25, 0.3) is 0 Å². The third-order valence-electron chi connectivity index (χ3n) is 5.13. The molecule has 0 aliphatic carbocycles. The summed E-state index contributed by atoms with van der Waals surface area (Å²) in [5, 5.41) is 6.34. The molecule has 2 fully saturated rings. The molecular weight excluding hydrogens is 318 g/mol.